The van der Waals surface area contributed by atoms with E-state index in [1.165, 1.54) is 12.5 Å². The summed E-state index contributed by atoms with van der Waals surface area (Å²) in [5, 5.41) is 15.2. The molecule has 0 fully saturated rings. The molecule has 6 nitrogen and oxygen atoms in total. The summed E-state index contributed by atoms with van der Waals surface area (Å²) in [6, 6.07) is 6.91. The molecular formula is C20H28N2O4Se. The molecule has 1 aliphatic carbocycles. The van der Waals surface area contributed by atoms with Crippen molar-refractivity contribution in [3.05, 3.63) is 46.0 Å². The molecule has 0 heterocycles. The molecular weight excluding hydrogens is 411 g/mol. The normalized spacial score (nSPS) is 22.4. The van der Waals surface area contributed by atoms with Crippen LogP contribution in [0.1, 0.15) is 40.5 Å². The second-order valence-electron chi connectivity index (χ2n) is 7.21. The maximum absolute atomic E-state index is 11.7. The van der Waals surface area contributed by atoms with E-state index in [0.29, 0.717) is 0 Å². The number of hydrogen-bond acceptors (Lipinski definition) is 4. The summed E-state index contributed by atoms with van der Waals surface area (Å²) in [6.07, 6.45) is 3.87. The van der Waals surface area contributed by atoms with Crippen LogP contribution in [-0.4, -0.2) is 44.0 Å². The Labute approximate surface area is 167 Å². The van der Waals surface area contributed by atoms with Gasteiger partial charge in [0.05, 0.1) is 0 Å². The summed E-state index contributed by atoms with van der Waals surface area (Å²) in [7, 11) is 0. The molecule has 0 unspecified atom stereocenters. The first-order chi connectivity index (χ1) is 12.8. The Balaban J connectivity index is 2.07. The summed E-state index contributed by atoms with van der Waals surface area (Å²) < 4.78 is 6.87. The first kappa shape index (κ1) is 21.6. The van der Waals surface area contributed by atoms with Gasteiger partial charge in [0.25, 0.3) is 0 Å². The quantitative estimate of drug-likeness (QED) is 0.292. The molecule has 27 heavy (non-hydrogen) atoms. The summed E-state index contributed by atoms with van der Waals surface area (Å²) in [4.78, 5) is 22.6. The molecule has 0 aliphatic heterocycles. The minimum atomic E-state index is -0.308. The van der Waals surface area contributed by atoms with E-state index in [0.717, 1.165) is 22.6 Å². The Kier molecular flexibility index (Phi) is 8.02. The monoisotopic (exact) mass is 440 g/mol. The Morgan fingerprint density at radius 2 is 2.11 bits per heavy atom. The zero-order valence-corrected chi connectivity index (χ0v) is 18.0. The molecule has 7 heteroatoms. The third-order valence-electron chi connectivity index (χ3n) is 4.50. The Morgan fingerprint density at radius 1 is 1.41 bits per heavy atom. The first-order valence-electron chi connectivity index (χ1n) is 9.24. The van der Waals surface area contributed by atoms with Crippen molar-refractivity contribution in [2.45, 2.75) is 64.1 Å². The van der Waals surface area contributed by atoms with E-state index in [1.807, 2.05) is 26.0 Å². The van der Waals surface area contributed by atoms with Crippen LogP contribution in [0.2, 0.25) is 5.32 Å². The number of ether oxygens (including phenoxy) is 1. The number of hydrogen-bond donors (Lipinski definition) is 1. The SMILES string of the molecule is CC(=O)N[C@@H]1[C@@H](CC[Se]c2ccccc2[N+](=O)[O-])CC(C)=C[C@H]1OC(C)C. The van der Waals surface area contributed by atoms with Crippen molar-refractivity contribution < 1.29 is 14.5 Å². The average Bonchev–Trinajstić information content (AvgIpc) is 2.57. The van der Waals surface area contributed by atoms with Crippen LogP contribution in [0.15, 0.2) is 35.9 Å². The molecule has 0 bridgehead atoms. The van der Waals surface area contributed by atoms with Gasteiger partial charge in [-0.3, -0.25) is 0 Å². The molecule has 0 saturated carbocycles. The summed E-state index contributed by atoms with van der Waals surface area (Å²) in [5.74, 6) is 0.215. The van der Waals surface area contributed by atoms with Crippen LogP contribution in [0.4, 0.5) is 5.69 Å². The van der Waals surface area contributed by atoms with Gasteiger partial charge in [-0.05, 0) is 0 Å². The van der Waals surface area contributed by atoms with E-state index < -0.39 is 0 Å². The molecule has 1 amide bonds. The van der Waals surface area contributed by atoms with Gasteiger partial charge in [-0.25, -0.2) is 0 Å². The number of carbonyl (C=O) groups is 1. The summed E-state index contributed by atoms with van der Waals surface area (Å²) in [6.45, 7) is 7.62. The third kappa shape index (κ3) is 6.45. The van der Waals surface area contributed by atoms with Gasteiger partial charge in [-0.2, -0.15) is 0 Å². The molecule has 1 aliphatic rings. The number of carbonyl (C=O) groups excluding carboxylic acids is 1. The van der Waals surface area contributed by atoms with Crippen molar-refractivity contribution in [1.82, 2.24) is 5.32 Å². The molecule has 1 aromatic rings. The van der Waals surface area contributed by atoms with Crippen LogP contribution in [0, 0.1) is 16.0 Å². The molecule has 1 aromatic carbocycles. The van der Waals surface area contributed by atoms with Crippen molar-refractivity contribution in [3.63, 3.8) is 0 Å². The van der Waals surface area contributed by atoms with Crippen molar-refractivity contribution in [1.29, 1.82) is 0 Å². The molecule has 148 valence electrons. The number of amides is 1. The predicted molar refractivity (Wildman–Crippen MR) is 107 cm³/mol. The molecule has 3 atom stereocenters. The standard InChI is InChI=1S/C20H28N2O4Se/c1-13(2)26-18-12-14(3)11-16(20(18)21-15(4)23)9-10-27-19-8-6-5-7-17(19)22(24)25/h5-8,12-13,16,18,20H,9-11H2,1-4H3,(H,21,23)/t16-,18+,20+/m0/s1. The molecule has 1 N–H and O–H groups in total. The molecule has 2 rings (SSSR count). The maximum atomic E-state index is 11.7. The summed E-state index contributed by atoms with van der Waals surface area (Å²) in [5.41, 5.74) is 1.47. The Bertz CT molecular complexity index is 705. The fraction of sp³-hybridized carbons (Fsp3) is 0.550. The third-order valence-corrected chi connectivity index (χ3v) is 6.80. The van der Waals surface area contributed by atoms with Gasteiger partial charge in [-0.1, -0.05) is 0 Å². The number of benzene rings is 1. The van der Waals surface area contributed by atoms with Crippen molar-refractivity contribution in [2.24, 2.45) is 5.92 Å². The van der Waals surface area contributed by atoms with Crippen LogP contribution >= 0.6 is 0 Å². The zero-order chi connectivity index (χ0) is 20.0. The average molecular weight is 439 g/mol. The summed E-state index contributed by atoms with van der Waals surface area (Å²) >= 11 is 0.0217. The van der Waals surface area contributed by atoms with Gasteiger partial charge >= 0.3 is 167 Å². The van der Waals surface area contributed by atoms with Crippen molar-refractivity contribution >= 4 is 31.0 Å². The van der Waals surface area contributed by atoms with Gasteiger partial charge in [0.15, 0.2) is 0 Å². The molecule has 0 spiro atoms. The van der Waals surface area contributed by atoms with Gasteiger partial charge in [0.1, 0.15) is 0 Å². The minimum absolute atomic E-state index is 0.0217. The Morgan fingerprint density at radius 3 is 2.74 bits per heavy atom. The van der Waals surface area contributed by atoms with Crippen molar-refractivity contribution in [2.75, 3.05) is 0 Å². The molecule has 0 aromatic heterocycles. The first-order valence-corrected chi connectivity index (χ1v) is 11.3. The van der Waals surface area contributed by atoms with E-state index in [9.17, 15) is 14.9 Å². The van der Waals surface area contributed by atoms with Gasteiger partial charge in [0.2, 0.25) is 0 Å². The van der Waals surface area contributed by atoms with Gasteiger partial charge in [-0.15, -0.1) is 0 Å². The van der Waals surface area contributed by atoms with Crippen LogP contribution < -0.4 is 9.78 Å². The van der Waals surface area contributed by atoms with Crippen LogP contribution in [0.5, 0.6) is 0 Å². The molecule has 0 radical (unpaired) electrons. The van der Waals surface area contributed by atoms with E-state index in [4.69, 9.17) is 4.74 Å². The fourth-order valence-corrected chi connectivity index (χ4v) is 5.79. The topological polar surface area (TPSA) is 81.5 Å². The molecule has 0 saturated heterocycles. The van der Waals surface area contributed by atoms with Crippen LogP contribution in [-0.2, 0) is 9.53 Å². The fourth-order valence-electron chi connectivity index (χ4n) is 3.47. The van der Waals surface area contributed by atoms with Crippen LogP contribution in [0.25, 0.3) is 0 Å². The van der Waals surface area contributed by atoms with E-state index >= 15 is 0 Å². The predicted octanol–water partition coefficient (Wildman–Crippen LogP) is 3.00. The Hall–Kier alpha value is -1.69. The van der Waals surface area contributed by atoms with Crippen LogP contribution in [0.3, 0.4) is 0 Å². The number of nitro benzene ring substituents is 1. The second-order valence-corrected chi connectivity index (χ2v) is 9.60. The number of nitrogens with one attached hydrogen (secondary N) is 1. The number of allylic oxidation sites excluding steroid dienone is 1. The van der Waals surface area contributed by atoms with E-state index in [-0.39, 0.29) is 55.6 Å². The number of rotatable bonds is 8. The van der Waals surface area contributed by atoms with Crippen molar-refractivity contribution in [3.8, 4) is 0 Å². The number of nitrogens with zero attached hydrogens (tertiary/aromatic N) is 1. The van der Waals surface area contributed by atoms with E-state index in [2.05, 4.69) is 18.3 Å². The van der Waals surface area contributed by atoms with Gasteiger partial charge < -0.3 is 0 Å². The number of para-hydroxylation sites is 1. The van der Waals surface area contributed by atoms with E-state index in [1.54, 1.807) is 12.1 Å². The second kappa shape index (κ2) is 10.0. The number of nitro groups is 1. The zero-order valence-electron chi connectivity index (χ0n) is 16.3. The van der Waals surface area contributed by atoms with Gasteiger partial charge in [0, 0.05) is 0 Å².